The minimum Gasteiger partial charge on any atom is -0.320 e. The molecular weight excluding hydrogens is 252 g/mol. The van der Waals surface area contributed by atoms with Gasteiger partial charge in [-0.05, 0) is 46.9 Å². The van der Waals surface area contributed by atoms with Gasteiger partial charge in [0.2, 0.25) is 0 Å². The highest BCUT2D eigenvalue weighted by molar-refractivity contribution is 6.06. The highest BCUT2D eigenvalue weighted by Gasteiger charge is 2.16. The monoisotopic (exact) mass is 274 g/mol. The average Bonchev–Trinajstić information content (AvgIpc) is 2.81. The molecule has 0 atom stereocenters. The van der Waals surface area contributed by atoms with E-state index in [1.807, 2.05) is 24.7 Å². The molecule has 20 heavy (non-hydrogen) atoms. The molecule has 2 aromatic rings. The Bertz CT molecular complexity index is 616. The van der Waals surface area contributed by atoms with Gasteiger partial charge < -0.3 is 5.32 Å². The summed E-state index contributed by atoms with van der Waals surface area (Å²) < 4.78 is 1.87. The molecule has 0 aliphatic rings. The van der Waals surface area contributed by atoms with Gasteiger partial charge in [0.15, 0.2) is 11.4 Å². The lowest BCUT2D eigenvalue weighted by Crippen LogP contribution is -2.10. The number of hydrogen-bond acceptors (Lipinski definition) is 4. The van der Waals surface area contributed by atoms with E-state index in [2.05, 4.69) is 29.2 Å². The van der Waals surface area contributed by atoms with Crippen LogP contribution in [0.2, 0.25) is 0 Å². The van der Waals surface area contributed by atoms with Crippen molar-refractivity contribution in [3.05, 3.63) is 23.5 Å². The van der Waals surface area contributed by atoms with Gasteiger partial charge in [0.25, 0.3) is 0 Å². The fraction of sp³-hybridized carbons (Fsp3) is 0.533. The molecule has 0 bridgehead atoms. The first-order valence-electron chi connectivity index (χ1n) is 7.07. The number of Topliss-reactive ketones (excluding diaryl/α,β-unsaturated/α-hetero) is 1. The zero-order valence-corrected chi connectivity index (χ0v) is 12.6. The van der Waals surface area contributed by atoms with Crippen LogP contribution < -0.4 is 5.32 Å². The number of carbonyl (C=O) groups excluding carboxylic acids is 1. The summed E-state index contributed by atoms with van der Waals surface area (Å²) in [7, 11) is 1.89. The summed E-state index contributed by atoms with van der Waals surface area (Å²) in [5.41, 5.74) is 2.41. The van der Waals surface area contributed by atoms with Gasteiger partial charge in [-0.1, -0.05) is 0 Å². The van der Waals surface area contributed by atoms with Crippen molar-refractivity contribution in [2.24, 2.45) is 0 Å². The fourth-order valence-electron chi connectivity index (χ4n) is 2.31. The topological polar surface area (TPSA) is 59.8 Å². The zero-order valence-electron chi connectivity index (χ0n) is 12.6. The van der Waals surface area contributed by atoms with E-state index in [-0.39, 0.29) is 11.8 Å². The Kier molecular flexibility index (Phi) is 4.49. The van der Waals surface area contributed by atoms with E-state index in [0.29, 0.717) is 6.42 Å². The lowest BCUT2D eigenvalue weighted by molar-refractivity contribution is 0.0981. The van der Waals surface area contributed by atoms with Crippen LogP contribution in [0.4, 0.5) is 0 Å². The Balaban J connectivity index is 2.40. The van der Waals surface area contributed by atoms with Crippen molar-refractivity contribution in [2.45, 2.75) is 39.7 Å². The van der Waals surface area contributed by atoms with Crippen LogP contribution in [0.5, 0.6) is 0 Å². The Morgan fingerprint density at radius 1 is 1.45 bits per heavy atom. The minimum atomic E-state index is 0.166. The second-order valence-electron chi connectivity index (χ2n) is 5.36. The summed E-state index contributed by atoms with van der Waals surface area (Å²) in [6.07, 6.45) is 3.15. The maximum absolute atomic E-state index is 12.4. The zero-order chi connectivity index (χ0) is 14.7. The summed E-state index contributed by atoms with van der Waals surface area (Å²) in [6.45, 7) is 6.89. The van der Waals surface area contributed by atoms with Crippen molar-refractivity contribution in [3.63, 3.8) is 0 Å². The van der Waals surface area contributed by atoms with E-state index >= 15 is 0 Å². The maximum atomic E-state index is 12.4. The number of ketones is 1. The number of pyridine rings is 1. The lowest BCUT2D eigenvalue weighted by Gasteiger charge is -2.08. The van der Waals surface area contributed by atoms with Gasteiger partial charge in [0.1, 0.15) is 0 Å². The van der Waals surface area contributed by atoms with Gasteiger partial charge in [-0.25, -0.2) is 9.67 Å². The van der Waals surface area contributed by atoms with Crippen LogP contribution in [0.1, 0.15) is 48.8 Å². The summed E-state index contributed by atoms with van der Waals surface area (Å²) in [5.74, 6) is 0.166. The summed E-state index contributed by atoms with van der Waals surface area (Å²) in [5, 5.41) is 8.29. The smallest absolute Gasteiger partial charge is 0.163 e. The van der Waals surface area contributed by atoms with Crippen LogP contribution in [-0.2, 0) is 0 Å². The molecule has 0 saturated carbocycles. The molecule has 5 nitrogen and oxygen atoms in total. The number of hydrogen-bond donors (Lipinski definition) is 1. The third-order valence-corrected chi connectivity index (χ3v) is 3.31. The van der Waals surface area contributed by atoms with E-state index in [0.717, 1.165) is 35.3 Å². The van der Waals surface area contributed by atoms with Gasteiger partial charge >= 0.3 is 0 Å². The van der Waals surface area contributed by atoms with Crippen molar-refractivity contribution < 1.29 is 4.79 Å². The quantitative estimate of drug-likeness (QED) is 0.649. The number of aryl methyl sites for hydroxylation is 1. The van der Waals surface area contributed by atoms with Crippen molar-refractivity contribution in [1.82, 2.24) is 20.1 Å². The number of carbonyl (C=O) groups is 1. The van der Waals surface area contributed by atoms with Crippen LogP contribution >= 0.6 is 0 Å². The largest absolute Gasteiger partial charge is 0.320 e. The predicted octanol–water partition coefficient (Wildman–Crippen LogP) is 2.50. The SMILES string of the molecule is CNCCCC(=O)c1cc(C)nc2c1cnn2C(C)C. The fourth-order valence-corrected chi connectivity index (χ4v) is 2.31. The van der Waals surface area contributed by atoms with Gasteiger partial charge in [-0.2, -0.15) is 5.10 Å². The molecule has 0 spiro atoms. The number of rotatable bonds is 6. The Hall–Kier alpha value is -1.75. The Morgan fingerprint density at radius 3 is 2.85 bits per heavy atom. The highest BCUT2D eigenvalue weighted by atomic mass is 16.1. The second-order valence-corrected chi connectivity index (χ2v) is 5.36. The molecule has 2 heterocycles. The molecule has 0 saturated heterocycles. The van der Waals surface area contributed by atoms with Crippen LogP contribution in [0, 0.1) is 6.92 Å². The molecule has 0 aliphatic carbocycles. The van der Waals surface area contributed by atoms with Gasteiger partial charge in [0, 0.05) is 29.1 Å². The molecule has 1 N–H and O–H groups in total. The number of nitrogens with zero attached hydrogens (tertiary/aromatic N) is 3. The van der Waals surface area contributed by atoms with Gasteiger partial charge in [0.05, 0.1) is 6.20 Å². The number of nitrogens with one attached hydrogen (secondary N) is 1. The van der Waals surface area contributed by atoms with Crippen LogP contribution in [0.15, 0.2) is 12.3 Å². The van der Waals surface area contributed by atoms with Gasteiger partial charge in [-0.15, -0.1) is 0 Å². The van der Waals surface area contributed by atoms with E-state index in [1.54, 1.807) is 6.20 Å². The molecule has 0 aliphatic heterocycles. The maximum Gasteiger partial charge on any atom is 0.163 e. The summed E-state index contributed by atoms with van der Waals surface area (Å²) >= 11 is 0. The van der Waals surface area contributed by atoms with E-state index in [9.17, 15) is 4.79 Å². The van der Waals surface area contributed by atoms with E-state index in [4.69, 9.17) is 0 Å². The minimum absolute atomic E-state index is 0.166. The molecule has 0 aromatic carbocycles. The molecule has 108 valence electrons. The Labute approximate surface area is 119 Å². The molecular formula is C15H22N4O. The molecule has 2 rings (SSSR count). The first kappa shape index (κ1) is 14.7. The molecule has 0 unspecified atom stereocenters. The Morgan fingerprint density at radius 2 is 2.20 bits per heavy atom. The standard InChI is InChI=1S/C15H22N4O/c1-10(2)19-15-13(9-17-19)12(8-11(3)18-15)14(20)6-5-7-16-4/h8-10,16H,5-7H2,1-4H3. The first-order chi connectivity index (χ1) is 9.54. The summed E-state index contributed by atoms with van der Waals surface area (Å²) in [4.78, 5) is 16.9. The lowest BCUT2D eigenvalue weighted by atomic mass is 10.0. The van der Waals surface area contributed by atoms with E-state index in [1.165, 1.54) is 0 Å². The van der Waals surface area contributed by atoms with Crippen LogP contribution in [0.25, 0.3) is 11.0 Å². The molecule has 0 fully saturated rings. The normalized spacial score (nSPS) is 11.4. The first-order valence-corrected chi connectivity index (χ1v) is 7.07. The van der Waals surface area contributed by atoms with Gasteiger partial charge in [-0.3, -0.25) is 4.79 Å². The van der Waals surface area contributed by atoms with Crippen LogP contribution in [0.3, 0.4) is 0 Å². The highest BCUT2D eigenvalue weighted by Crippen LogP contribution is 2.22. The third kappa shape index (κ3) is 2.88. The molecule has 0 radical (unpaired) electrons. The van der Waals surface area contributed by atoms with Crippen molar-refractivity contribution >= 4 is 16.8 Å². The van der Waals surface area contributed by atoms with E-state index < -0.39 is 0 Å². The number of aromatic nitrogens is 3. The molecule has 0 amide bonds. The van der Waals surface area contributed by atoms with Crippen LogP contribution in [-0.4, -0.2) is 34.1 Å². The second kappa shape index (κ2) is 6.13. The average molecular weight is 274 g/mol. The number of fused-ring (bicyclic) bond motifs is 1. The van der Waals surface area contributed by atoms with Crippen molar-refractivity contribution in [3.8, 4) is 0 Å². The molecule has 2 aromatic heterocycles. The third-order valence-electron chi connectivity index (χ3n) is 3.31. The van der Waals surface area contributed by atoms with Crippen molar-refractivity contribution in [2.75, 3.05) is 13.6 Å². The summed E-state index contributed by atoms with van der Waals surface area (Å²) in [6, 6.07) is 2.10. The van der Waals surface area contributed by atoms with Crippen molar-refractivity contribution in [1.29, 1.82) is 0 Å². The molecule has 5 heteroatoms. The predicted molar refractivity (Wildman–Crippen MR) is 80.1 cm³/mol.